The van der Waals surface area contributed by atoms with Gasteiger partial charge in [0.05, 0.1) is 12.4 Å². The molecule has 0 saturated carbocycles. The molecule has 0 spiro atoms. The number of rotatable bonds is 18. The van der Waals surface area contributed by atoms with Crippen molar-refractivity contribution in [2.24, 2.45) is 10.2 Å². The minimum atomic E-state index is 0.608. The van der Waals surface area contributed by atoms with Crippen molar-refractivity contribution in [3.05, 3.63) is 107 Å². The van der Waals surface area contributed by atoms with Crippen LogP contribution < -0.4 is 10.9 Å². The van der Waals surface area contributed by atoms with Crippen LogP contribution in [-0.2, 0) is 0 Å². The third kappa shape index (κ3) is 10.9. The highest BCUT2D eigenvalue weighted by Gasteiger charge is 2.08. The Morgan fingerprint density at radius 1 is 0.545 bits per heavy atom. The van der Waals surface area contributed by atoms with Gasteiger partial charge in [0.2, 0.25) is 0 Å². The Morgan fingerprint density at radius 2 is 0.955 bits per heavy atom. The molecule has 6 nitrogen and oxygen atoms in total. The number of aromatic nitrogens is 2. The normalized spacial score (nSPS) is 12.4. The van der Waals surface area contributed by atoms with Gasteiger partial charge in [-0.05, 0) is 48.0 Å². The van der Waals surface area contributed by atoms with Crippen molar-refractivity contribution in [3.8, 4) is 0 Å². The zero-order chi connectivity index (χ0) is 30.7. The maximum absolute atomic E-state index is 4.58. The topological polar surface area (TPSA) is 74.6 Å². The van der Waals surface area contributed by atoms with E-state index in [4.69, 9.17) is 0 Å². The Morgan fingerprint density at radius 3 is 1.36 bits per heavy atom. The lowest BCUT2D eigenvalue weighted by Gasteiger charge is -2.09. The number of unbranched alkanes of at least 4 members (excludes halogenated alkanes) is 6. The first-order valence-electron chi connectivity index (χ1n) is 16.1. The summed E-state index contributed by atoms with van der Waals surface area (Å²) >= 11 is 0. The lowest BCUT2D eigenvalue weighted by Crippen LogP contribution is -2.02. The predicted molar refractivity (Wildman–Crippen MR) is 190 cm³/mol. The third-order valence-corrected chi connectivity index (χ3v) is 7.43. The Hall–Kier alpha value is -4.58. The van der Waals surface area contributed by atoms with E-state index >= 15 is 0 Å². The highest BCUT2D eigenvalue weighted by molar-refractivity contribution is 5.99. The van der Waals surface area contributed by atoms with Crippen LogP contribution in [0.5, 0.6) is 0 Å². The molecule has 3 aromatic carbocycles. The molecule has 4 rings (SSSR count). The lowest BCUT2D eigenvalue weighted by atomic mass is 10.0. The van der Waals surface area contributed by atoms with Gasteiger partial charge in [0.25, 0.3) is 0 Å². The summed E-state index contributed by atoms with van der Waals surface area (Å²) in [5.74, 6) is 1.22. The summed E-state index contributed by atoms with van der Waals surface area (Å²) in [6.07, 6.45) is 19.9. The van der Waals surface area contributed by atoms with E-state index in [9.17, 15) is 0 Å². The molecule has 0 unspecified atom stereocenters. The second kappa shape index (κ2) is 18.9. The quantitative estimate of drug-likeness (QED) is 0.0691. The van der Waals surface area contributed by atoms with E-state index in [2.05, 4.69) is 106 Å². The standard InChI is InChI=1S/C38H46N6/c1-3-5-7-11-23-33(27-31-19-13-9-14-20-31)29-39-41-37-35-25-17-18-26-36(35)38(44-43-37)42-40-30-34(24-12-8-6-4-2)28-32-21-15-10-16-22-32/h9-10,13-22,25-30H,3-8,11-12,23-24H2,1-2H3,(H,41,43)(H,42,44)/b33-27-,34-28-,39-29+,40-30+. The minimum Gasteiger partial charge on any atom is -0.259 e. The zero-order valence-corrected chi connectivity index (χ0v) is 26.3. The van der Waals surface area contributed by atoms with Gasteiger partial charge in [-0.25, -0.2) is 0 Å². The van der Waals surface area contributed by atoms with Crippen LogP contribution in [0.4, 0.5) is 11.6 Å². The number of allylic oxidation sites excluding steroid dienone is 2. The Balaban J connectivity index is 1.48. The molecule has 1 aromatic heterocycles. The summed E-state index contributed by atoms with van der Waals surface area (Å²) < 4.78 is 0. The van der Waals surface area contributed by atoms with E-state index in [-0.39, 0.29) is 0 Å². The largest absolute Gasteiger partial charge is 0.259 e. The van der Waals surface area contributed by atoms with Crippen LogP contribution in [0.1, 0.15) is 89.2 Å². The highest BCUT2D eigenvalue weighted by Crippen LogP contribution is 2.26. The summed E-state index contributed by atoms with van der Waals surface area (Å²) in [4.78, 5) is 0. The number of hydrogen-bond acceptors (Lipinski definition) is 6. The average Bonchev–Trinajstić information content (AvgIpc) is 3.06. The van der Waals surface area contributed by atoms with Crippen molar-refractivity contribution < 1.29 is 0 Å². The van der Waals surface area contributed by atoms with Crippen molar-refractivity contribution in [1.82, 2.24) is 10.2 Å². The molecule has 0 bridgehead atoms. The second-order valence-electron chi connectivity index (χ2n) is 11.1. The number of hydrogen-bond donors (Lipinski definition) is 2. The molecular weight excluding hydrogens is 540 g/mol. The van der Waals surface area contributed by atoms with Crippen LogP contribution in [0.25, 0.3) is 22.9 Å². The molecule has 0 amide bonds. The monoisotopic (exact) mass is 586 g/mol. The van der Waals surface area contributed by atoms with Gasteiger partial charge in [-0.2, -0.15) is 10.2 Å². The number of hydrazone groups is 2. The van der Waals surface area contributed by atoms with Crippen molar-refractivity contribution >= 4 is 47.0 Å². The molecule has 0 aliphatic heterocycles. The summed E-state index contributed by atoms with van der Waals surface area (Å²) in [6.45, 7) is 4.47. The fourth-order valence-corrected chi connectivity index (χ4v) is 5.01. The number of anilines is 2. The SMILES string of the molecule is CCCCCCC(=C/c1ccccc1)/C=N/Nc1nnc(N/N=C/C(=C\c2ccccc2)CCCCCC)c2ccccc12. The average molecular weight is 587 g/mol. The smallest absolute Gasteiger partial charge is 0.176 e. The van der Waals surface area contributed by atoms with Gasteiger partial charge in [0.15, 0.2) is 11.6 Å². The van der Waals surface area contributed by atoms with Gasteiger partial charge in [-0.15, -0.1) is 10.2 Å². The van der Waals surface area contributed by atoms with Crippen LogP contribution >= 0.6 is 0 Å². The molecule has 0 aliphatic carbocycles. The number of benzene rings is 3. The fourth-order valence-electron chi connectivity index (χ4n) is 5.01. The van der Waals surface area contributed by atoms with Gasteiger partial charge in [-0.3, -0.25) is 10.9 Å². The van der Waals surface area contributed by atoms with E-state index in [1.807, 2.05) is 48.8 Å². The molecule has 2 N–H and O–H groups in total. The molecule has 4 aromatic rings. The molecule has 0 saturated heterocycles. The van der Waals surface area contributed by atoms with Crippen molar-refractivity contribution in [3.63, 3.8) is 0 Å². The van der Waals surface area contributed by atoms with E-state index < -0.39 is 0 Å². The van der Waals surface area contributed by atoms with Crippen LogP contribution in [0.15, 0.2) is 106 Å². The highest BCUT2D eigenvalue weighted by atomic mass is 15.4. The molecular formula is C38H46N6. The van der Waals surface area contributed by atoms with Crippen molar-refractivity contribution in [2.45, 2.75) is 78.1 Å². The summed E-state index contributed by atoms with van der Waals surface area (Å²) in [7, 11) is 0. The molecule has 0 atom stereocenters. The van der Waals surface area contributed by atoms with Gasteiger partial charge in [0, 0.05) is 10.8 Å². The lowest BCUT2D eigenvalue weighted by molar-refractivity contribution is 0.671. The van der Waals surface area contributed by atoms with Crippen LogP contribution in [-0.4, -0.2) is 22.6 Å². The first-order chi connectivity index (χ1) is 21.8. The molecule has 0 radical (unpaired) electrons. The predicted octanol–water partition coefficient (Wildman–Crippen LogP) is 10.5. The Bertz CT molecular complexity index is 1410. The van der Waals surface area contributed by atoms with Gasteiger partial charge in [0.1, 0.15) is 0 Å². The summed E-state index contributed by atoms with van der Waals surface area (Å²) in [5.41, 5.74) is 11.0. The summed E-state index contributed by atoms with van der Waals surface area (Å²) in [6, 6.07) is 28.8. The van der Waals surface area contributed by atoms with Gasteiger partial charge in [-0.1, -0.05) is 149 Å². The van der Waals surface area contributed by atoms with E-state index in [0.29, 0.717) is 11.6 Å². The van der Waals surface area contributed by atoms with Crippen LogP contribution in [0, 0.1) is 0 Å². The van der Waals surface area contributed by atoms with Crippen LogP contribution in [0.3, 0.4) is 0 Å². The molecule has 0 fully saturated rings. The molecule has 228 valence electrons. The van der Waals surface area contributed by atoms with E-state index in [1.54, 1.807) is 0 Å². The van der Waals surface area contributed by atoms with E-state index in [0.717, 1.165) is 36.5 Å². The molecule has 0 aliphatic rings. The number of nitrogens with zero attached hydrogens (tertiary/aromatic N) is 4. The van der Waals surface area contributed by atoms with E-state index in [1.165, 1.54) is 60.8 Å². The van der Waals surface area contributed by atoms with Crippen LogP contribution in [0.2, 0.25) is 0 Å². The number of nitrogens with one attached hydrogen (secondary N) is 2. The Kier molecular flexibility index (Phi) is 13.9. The third-order valence-electron chi connectivity index (χ3n) is 7.43. The molecule has 6 heteroatoms. The van der Waals surface area contributed by atoms with Gasteiger partial charge >= 0.3 is 0 Å². The van der Waals surface area contributed by atoms with Crippen molar-refractivity contribution in [2.75, 3.05) is 10.9 Å². The van der Waals surface area contributed by atoms with Crippen molar-refractivity contribution in [1.29, 1.82) is 0 Å². The maximum Gasteiger partial charge on any atom is 0.176 e. The zero-order valence-electron chi connectivity index (χ0n) is 26.3. The first-order valence-corrected chi connectivity index (χ1v) is 16.1. The Labute approximate surface area is 263 Å². The number of fused-ring (bicyclic) bond motifs is 1. The fraction of sp³-hybridized carbons (Fsp3) is 0.316. The van der Waals surface area contributed by atoms with Gasteiger partial charge < -0.3 is 0 Å². The maximum atomic E-state index is 4.58. The molecule has 1 heterocycles. The minimum absolute atomic E-state index is 0.608. The summed E-state index contributed by atoms with van der Waals surface area (Å²) in [5, 5.41) is 19.9. The second-order valence-corrected chi connectivity index (χ2v) is 11.1. The molecule has 44 heavy (non-hydrogen) atoms. The first kappa shape index (κ1) is 32.3.